The molecule has 3 fully saturated rings. The predicted molar refractivity (Wildman–Crippen MR) is 241 cm³/mol. The number of hydrogen-bond acceptors (Lipinski definition) is 13. The van der Waals surface area contributed by atoms with E-state index in [4.69, 9.17) is 47.1 Å². The van der Waals surface area contributed by atoms with Gasteiger partial charge >= 0.3 is 17.9 Å². The van der Waals surface area contributed by atoms with Gasteiger partial charge in [0.05, 0.1) is 47.6 Å². The van der Waals surface area contributed by atoms with Crippen molar-refractivity contribution in [2.45, 2.75) is 180 Å². The van der Waals surface area contributed by atoms with E-state index >= 15 is 0 Å². The van der Waals surface area contributed by atoms with Crippen molar-refractivity contribution in [2.75, 3.05) is 0 Å². The molecule has 14 heteroatoms. The SMILES string of the molecule is CC(C)C(=O)O[C@H]1[C@H](C)O[C@@H](O[C@@H]2C[C@H](O[C@@H]3C[C@H](OCc4ccccc4)O[C@H](C)[C@H]3OC(=O)c3ccccc3)O[C@H](C)[C@H]2OC(=O)c2ccccc2)C[C@]1(C)O[Si](C)(C)C(C)(C)C. The molecule has 0 saturated carbocycles. The van der Waals surface area contributed by atoms with Crippen molar-refractivity contribution in [3.63, 3.8) is 0 Å². The Hall–Kier alpha value is -3.99. The number of carbonyl (C=O) groups is 3. The van der Waals surface area contributed by atoms with E-state index in [-0.39, 0.29) is 36.2 Å². The van der Waals surface area contributed by atoms with Crippen LogP contribution in [0.25, 0.3) is 0 Å². The largest absolute Gasteiger partial charge is 0.456 e. The van der Waals surface area contributed by atoms with Gasteiger partial charge in [-0.2, -0.15) is 0 Å². The van der Waals surface area contributed by atoms with Crippen molar-refractivity contribution in [1.29, 1.82) is 0 Å². The summed E-state index contributed by atoms with van der Waals surface area (Å²) in [6.07, 6.45) is -7.88. The lowest BCUT2D eigenvalue weighted by Gasteiger charge is -2.52. The molecule has 350 valence electrons. The maximum atomic E-state index is 13.7. The quantitative estimate of drug-likeness (QED) is 0.0813. The molecule has 3 aromatic rings. The summed E-state index contributed by atoms with van der Waals surface area (Å²) < 4.78 is 65.0. The maximum Gasteiger partial charge on any atom is 0.338 e. The maximum absolute atomic E-state index is 13.7. The lowest BCUT2D eigenvalue weighted by atomic mass is 9.88. The highest BCUT2D eigenvalue weighted by Gasteiger charge is 2.55. The highest BCUT2D eigenvalue weighted by atomic mass is 28.4. The van der Waals surface area contributed by atoms with Gasteiger partial charge in [0.1, 0.15) is 12.2 Å². The molecular weight excluding hydrogens is 837 g/mol. The van der Waals surface area contributed by atoms with Gasteiger partial charge < -0.3 is 47.1 Å². The van der Waals surface area contributed by atoms with Gasteiger partial charge in [-0.25, -0.2) is 9.59 Å². The minimum Gasteiger partial charge on any atom is -0.456 e. The molecule has 3 aromatic carbocycles. The highest BCUT2D eigenvalue weighted by molar-refractivity contribution is 6.74. The topological polar surface area (TPSA) is 144 Å². The number of ether oxygens (including phenoxy) is 9. The van der Waals surface area contributed by atoms with E-state index in [2.05, 4.69) is 33.9 Å². The summed E-state index contributed by atoms with van der Waals surface area (Å²) in [7, 11) is -2.46. The molecule has 0 bridgehead atoms. The zero-order valence-electron chi connectivity index (χ0n) is 39.2. The van der Waals surface area contributed by atoms with Crippen molar-refractivity contribution in [3.8, 4) is 0 Å². The van der Waals surface area contributed by atoms with Gasteiger partial charge in [-0.15, -0.1) is 0 Å². The summed E-state index contributed by atoms with van der Waals surface area (Å²) in [5.41, 5.74) is 0.744. The summed E-state index contributed by atoms with van der Waals surface area (Å²) in [6.45, 7) is 22.1. The molecule has 0 N–H and O–H groups in total. The molecule has 0 amide bonds. The Labute approximate surface area is 379 Å². The summed E-state index contributed by atoms with van der Waals surface area (Å²) in [4.78, 5) is 40.3. The summed E-state index contributed by atoms with van der Waals surface area (Å²) >= 11 is 0. The van der Waals surface area contributed by atoms with Crippen LogP contribution in [0.15, 0.2) is 91.0 Å². The Kier molecular flexibility index (Phi) is 16.3. The molecule has 3 aliphatic heterocycles. The van der Waals surface area contributed by atoms with Gasteiger partial charge in [0, 0.05) is 19.3 Å². The van der Waals surface area contributed by atoms with Crippen LogP contribution in [-0.4, -0.2) is 99.5 Å². The van der Waals surface area contributed by atoms with E-state index in [9.17, 15) is 14.4 Å². The summed E-state index contributed by atoms with van der Waals surface area (Å²) in [5, 5.41) is -0.154. The van der Waals surface area contributed by atoms with Gasteiger partial charge in [-0.3, -0.25) is 4.79 Å². The molecule has 64 heavy (non-hydrogen) atoms. The smallest absolute Gasteiger partial charge is 0.338 e. The van der Waals surface area contributed by atoms with Crippen molar-refractivity contribution in [1.82, 2.24) is 0 Å². The summed E-state index contributed by atoms with van der Waals surface area (Å²) in [6, 6.07) is 27.3. The lowest BCUT2D eigenvalue weighted by Crippen LogP contribution is -2.63. The van der Waals surface area contributed by atoms with Crippen molar-refractivity contribution >= 4 is 26.2 Å². The third kappa shape index (κ3) is 12.5. The van der Waals surface area contributed by atoms with Crippen LogP contribution in [0.2, 0.25) is 18.1 Å². The normalized spacial score (nSPS) is 31.2. The third-order valence-corrected chi connectivity index (χ3v) is 17.2. The minimum absolute atomic E-state index is 0.109. The van der Waals surface area contributed by atoms with Gasteiger partial charge in [0.15, 0.2) is 45.5 Å². The first-order valence-corrected chi connectivity index (χ1v) is 25.5. The molecule has 3 saturated heterocycles. The van der Waals surface area contributed by atoms with Gasteiger partial charge in [0.2, 0.25) is 0 Å². The molecule has 0 aliphatic carbocycles. The van der Waals surface area contributed by atoms with Crippen LogP contribution in [-0.2, 0) is 58.5 Å². The monoisotopic (exact) mass is 904 g/mol. The van der Waals surface area contributed by atoms with Crippen LogP contribution in [0.1, 0.15) is 108 Å². The van der Waals surface area contributed by atoms with E-state index in [1.807, 2.05) is 63.2 Å². The van der Waals surface area contributed by atoms with Crippen LogP contribution in [0.3, 0.4) is 0 Å². The zero-order chi connectivity index (χ0) is 46.4. The van der Waals surface area contributed by atoms with E-state index in [1.165, 1.54) is 0 Å². The molecule has 0 spiro atoms. The molecule has 0 unspecified atom stereocenters. The highest BCUT2D eigenvalue weighted by Crippen LogP contribution is 2.45. The Morgan fingerprint density at radius 3 is 1.62 bits per heavy atom. The number of carbonyl (C=O) groups excluding carboxylic acids is 3. The molecule has 13 nitrogen and oxygen atoms in total. The average molecular weight is 905 g/mol. The standard InChI is InChI=1S/C50H68O13Si/c1-31(2)46(51)62-45-34(5)57-42(29-50(45,9)63-64(10,11)49(6,7)8)59-39-28-41(56-33(4)44(39)61-48(53)37-25-19-14-20-26-37)58-38-27-40(54-30-35-21-15-12-16-22-35)55-32(3)43(38)60-47(52)36-23-17-13-18-24-36/h12-26,31-34,38-45H,27-30H2,1-11H3/t32-,33-,34+,38-,39-,40-,41+,42+,43-,44-,45+,50+/m1/s1. The van der Waals surface area contributed by atoms with E-state index in [0.29, 0.717) is 17.7 Å². The molecular formula is C50H68O13Si. The Bertz CT molecular complexity index is 1980. The number of benzene rings is 3. The van der Waals surface area contributed by atoms with E-state index in [0.717, 1.165) is 5.56 Å². The van der Waals surface area contributed by atoms with Crippen LogP contribution in [0, 0.1) is 5.92 Å². The first kappa shape index (κ1) is 49.4. The zero-order valence-corrected chi connectivity index (χ0v) is 40.2. The molecule has 12 atom stereocenters. The molecule has 0 aromatic heterocycles. The second-order valence-electron chi connectivity index (χ2n) is 19.3. The Morgan fingerprint density at radius 1 is 0.672 bits per heavy atom. The number of esters is 3. The number of hydrogen-bond donors (Lipinski definition) is 0. The first-order valence-electron chi connectivity index (χ1n) is 22.6. The van der Waals surface area contributed by atoms with Crippen LogP contribution < -0.4 is 0 Å². The van der Waals surface area contributed by atoms with Gasteiger partial charge in [0.25, 0.3) is 0 Å². The molecule has 3 heterocycles. The fraction of sp³-hybridized carbons (Fsp3) is 0.580. The van der Waals surface area contributed by atoms with Crippen LogP contribution in [0.4, 0.5) is 0 Å². The molecule has 6 rings (SSSR count). The van der Waals surface area contributed by atoms with Crippen LogP contribution >= 0.6 is 0 Å². The average Bonchev–Trinajstić information content (AvgIpc) is 3.24. The molecule has 3 aliphatic rings. The van der Waals surface area contributed by atoms with Crippen molar-refractivity contribution < 1.29 is 61.4 Å². The number of rotatable bonds is 15. The van der Waals surface area contributed by atoms with Crippen molar-refractivity contribution in [3.05, 3.63) is 108 Å². The first-order chi connectivity index (χ1) is 30.2. The fourth-order valence-corrected chi connectivity index (χ4v) is 9.86. The fourth-order valence-electron chi connectivity index (χ4n) is 8.19. The third-order valence-electron chi connectivity index (χ3n) is 12.7. The van der Waals surface area contributed by atoms with Crippen molar-refractivity contribution in [2.24, 2.45) is 5.92 Å². The van der Waals surface area contributed by atoms with E-state index in [1.54, 1.807) is 69.3 Å². The van der Waals surface area contributed by atoms with E-state index < -0.39 is 93.6 Å². The Morgan fingerprint density at radius 2 is 1.12 bits per heavy atom. The Balaban J connectivity index is 1.28. The summed E-state index contributed by atoms with van der Waals surface area (Å²) in [5.74, 6) is -1.76. The molecule has 0 radical (unpaired) electrons. The van der Waals surface area contributed by atoms with Gasteiger partial charge in [-0.05, 0) is 75.7 Å². The second kappa shape index (κ2) is 21.1. The van der Waals surface area contributed by atoms with Gasteiger partial charge in [-0.1, -0.05) is 101 Å². The van der Waals surface area contributed by atoms with Crippen LogP contribution in [0.5, 0.6) is 0 Å². The lowest BCUT2D eigenvalue weighted by molar-refractivity contribution is -0.332. The predicted octanol–water partition coefficient (Wildman–Crippen LogP) is 9.18. The second-order valence-corrected chi connectivity index (χ2v) is 24.0. The minimum atomic E-state index is -2.46.